The Kier molecular flexibility index (Phi) is 5.45. The van der Waals surface area contributed by atoms with Crippen LogP contribution < -0.4 is 5.73 Å². The molecule has 10 heteroatoms. The molecule has 0 aliphatic heterocycles. The Labute approximate surface area is 210 Å². The lowest BCUT2D eigenvalue weighted by Crippen LogP contribution is -2.58. The number of Topliss-reactive ketones (excluding diaryl/α,β-unsaturated/α-hetero) is 2. The van der Waals surface area contributed by atoms with E-state index >= 15 is 0 Å². The van der Waals surface area contributed by atoms with Gasteiger partial charge in [0, 0.05) is 17.9 Å². The van der Waals surface area contributed by atoms with E-state index < -0.39 is 58.0 Å². The second-order valence-electron chi connectivity index (χ2n) is 9.46. The van der Waals surface area contributed by atoms with Crippen LogP contribution in [0.4, 0.5) is 0 Å². The number of rotatable bonds is 3. The molecule has 0 radical (unpaired) electrons. The van der Waals surface area contributed by atoms with Gasteiger partial charge in [0.15, 0.2) is 11.4 Å². The number of aromatic hydroxyl groups is 1. The number of aliphatic hydroxyl groups is 3. The summed E-state index contributed by atoms with van der Waals surface area (Å²) < 4.78 is 4.72. The van der Waals surface area contributed by atoms with Crippen molar-refractivity contribution < 1.29 is 44.3 Å². The number of carbonyl (C=O) groups is 4. The van der Waals surface area contributed by atoms with Gasteiger partial charge in [-0.1, -0.05) is 18.2 Å². The predicted molar refractivity (Wildman–Crippen MR) is 128 cm³/mol. The third-order valence-corrected chi connectivity index (χ3v) is 7.56. The molecule has 0 spiro atoms. The smallest absolute Gasteiger partial charge is 0.337 e. The normalized spacial score (nSPS) is 24.8. The molecular weight excluding hydrogens is 482 g/mol. The molecule has 37 heavy (non-hydrogen) atoms. The van der Waals surface area contributed by atoms with Crippen molar-refractivity contribution in [1.82, 2.24) is 0 Å². The highest BCUT2D eigenvalue weighted by Gasteiger charge is 2.60. The maximum atomic E-state index is 13.6. The van der Waals surface area contributed by atoms with Crippen molar-refractivity contribution in [2.75, 3.05) is 7.11 Å². The first-order valence-electron chi connectivity index (χ1n) is 11.5. The van der Waals surface area contributed by atoms with Gasteiger partial charge in [-0.25, -0.2) is 4.79 Å². The predicted octanol–water partition coefficient (Wildman–Crippen LogP) is 1.88. The molecule has 0 bridgehead atoms. The number of nitrogens with two attached hydrogens (primary N) is 1. The number of primary amides is 1. The molecule has 0 heterocycles. The summed E-state index contributed by atoms with van der Waals surface area (Å²) >= 11 is 0. The number of hydrogen-bond acceptors (Lipinski definition) is 9. The standard InChI is InChI=1S/C27H23NO9/c1-37-26(35)12-4-2-11(3-5-12)15-6-7-17(29)20-16(15)9-13-8-14-10-18(30)21(25(28)34)24(33)27(14,36)23(32)19(13)22(20)31/h2-7,13-14,29,31,33,36H,8-10H2,1H3,(H2,28,34). The Bertz CT molecular complexity index is 1470. The van der Waals surface area contributed by atoms with E-state index in [0.29, 0.717) is 22.3 Å². The molecule has 3 aliphatic carbocycles. The maximum Gasteiger partial charge on any atom is 0.337 e. The number of ketones is 2. The van der Waals surface area contributed by atoms with E-state index in [1.165, 1.54) is 13.2 Å². The van der Waals surface area contributed by atoms with Crippen LogP contribution in [0, 0.1) is 11.8 Å². The minimum Gasteiger partial charge on any atom is -0.508 e. The van der Waals surface area contributed by atoms with E-state index in [4.69, 9.17) is 10.5 Å². The van der Waals surface area contributed by atoms with Crippen molar-refractivity contribution in [3.05, 3.63) is 70.0 Å². The quantitative estimate of drug-likeness (QED) is 0.307. The van der Waals surface area contributed by atoms with Crippen molar-refractivity contribution in [2.45, 2.75) is 24.9 Å². The summed E-state index contributed by atoms with van der Waals surface area (Å²) in [7, 11) is 1.27. The van der Waals surface area contributed by atoms with Crippen LogP contribution >= 0.6 is 0 Å². The van der Waals surface area contributed by atoms with Gasteiger partial charge in [0.2, 0.25) is 5.78 Å². The van der Waals surface area contributed by atoms with Gasteiger partial charge in [-0.15, -0.1) is 0 Å². The summed E-state index contributed by atoms with van der Waals surface area (Å²) in [5.41, 5.74) is 3.76. The van der Waals surface area contributed by atoms with E-state index in [9.17, 15) is 39.6 Å². The monoisotopic (exact) mass is 505 g/mol. The number of methoxy groups -OCH3 is 1. The number of phenols is 1. The van der Waals surface area contributed by atoms with Crippen molar-refractivity contribution in [3.63, 3.8) is 0 Å². The molecule has 5 rings (SSSR count). The van der Waals surface area contributed by atoms with Crippen molar-refractivity contribution in [2.24, 2.45) is 17.6 Å². The van der Waals surface area contributed by atoms with Gasteiger partial charge in [-0.2, -0.15) is 0 Å². The molecule has 3 unspecified atom stereocenters. The average molecular weight is 505 g/mol. The number of phenolic OH excluding ortho intramolecular Hbond substituents is 1. The number of fused-ring (bicyclic) bond motifs is 3. The third kappa shape index (κ3) is 3.36. The molecular formula is C27H23NO9. The van der Waals surface area contributed by atoms with Crippen molar-refractivity contribution >= 4 is 29.2 Å². The average Bonchev–Trinajstić information content (AvgIpc) is 2.86. The van der Waals surface area contributed by atoms with Gasteiger partial charge in [-0.05, 0) is 53.6 Å². The highest BCUT2D eigenvalue weighted by atomic mass is 16.5. The van der Waals surface area contributed by atoms with E-state index in [1.54, 1.807) is 30.3 Å². The number of benzene rings is 2. The van der Waals surface area contributed by atoms with E-state index in [2.05, 4.69) is 0 Å². The third-order valence-electron chi connectivity index (χ3n) is 7.56. The van der Waals surface area contributed by atoms with Gasteiger partial charge >= 0.3 is 5.97 Å². The van der Waals surface area contributed by atoms with Gasteiger partial charge in [0.05, 0.1) is 18.2 Å². The number of carbonyl (C=O) groups excluding carboxylic acids is 4. The summed E-state index contributed by atoms with van der Waals surface area (Å²) in [6.07, 6.45) is -0.167. The number of aliphatic hydroxyl groups excluding tert-OH is 2. The first kappa shape index (κ1) is 24.3. The number of esters is 1. The zero-order valence-electron chi connectivity index (χ0n) is 19.6. The fraction of sp³-hybridized carbons (Fsp3) is 0.259. The molecule has 2 aromatic rings. The van der Waals surface area contributed by atoms with Crippen LogP contribution in [0.15, 0.2) is 53.3 Å². The summed E-state index contributed by atoms with van der Waals surface area (Å²) in [6.45, 7) is 0. The molecule has 1 saturated carbocycles. The number of hydrogen-bond donors (Lipinski definition) is 5. The molecule has 10 nitrogen and oxygen atoms in total. The Balaban J connectivity index is 1.65. The van der Waals surface area contributed by atoms with E-state index in [0.717, 1.165) is 0 Å². The SMILES string of the molecule is COC(=O)c1ccc(-c2ccc(O)c3c2CC2CC4CC(=O)C(C(N)=O)=C(O)C4(O)C(=O)C2=C3O)cc1. The lowest BCUT2D eigenvalue weighted by molar-refractivity contribution is -0.147. The van der Waals surface area contributed by atoms with Crippen LogP contribution in [0.5, 0.6) is 5.75 Å². The molecule has 2 aromatic carbocycles. The van der Waals surface area contributed by atoms with Crippen LogP contribution in [0.1, 0.15) is 34.3 Å². The summed E-state index contributed by atoms with van der Waals surface area (Å²) in [5, 5.41) is 43.8. The van der Waals surface area contributed by atoms with Crippen molar-refractivity contribution in [1.29, 1.82) is 0 Å². The number of amides is 1. The van der Waals surface area contributed by atoms with Gasteiger partial charge in [0.25, 0.3) is 5.91 Å². The largest absolute Gasteiger partial charge is 0.508 e. The first-order chi connectivity index (χ1) is 17.5. The van der Waals surface area contributed by atoms with Gasteiger partial charge in [-0.3, -0.25) is 14.4 Å². The molecule has 3 aliphatic rings. The summed E-state index contributed by atoms with van der Waals surface area (Å²) in [4.78, 5) is 49.6. The molecule has 1 fully saturated rings. The topological polar surface area (TPSA) is 184 Å². The second kappa shape index (κ2) is 8.31. The number of ether oxygens (including phenoxy) is 1. The summed E-state index contributed by atoms with van der Waals surface area (Å²) in [6, 6.07) is 9.54. The molecule has 0 saturated heterocycles. The lowest BCUT2D eigenvalue weighted by Gasteiger charge is -2.46. The molecule has 3 atom stereocenters. The zero-order chi connectivity index (χ0) is 26.8. The Morgan fingerprint density at radius 3 is 2.32 bits per heavy atom. The van der Waals surface area contributed by atoms with Crippen LogP contribution in [0.3, 0.4) is 0 Å². The minimum absolute atomic E-state index is 0.00155. The van der Waals surface area contributed by atoms with E-state index in [-0.39, 0.29) is 36.1 Å². The highest BCUT2D eigenvalue weighted by molar-refractivity contribution is 6.22. The van der Waals surface area contributed by atoms with Crippen LogP contribution in [0.2, 0.25) is 0 Å². The Morgan fingerprint density at radius 2 is 1.70 bits per heavy atom. The highest BCUT2D eigenvalue weighted by Crippen LogP contribution is 2.53. The molecule has 0 aromatic heterocycles. The lowest BCUT2D eigenvalue weighted by atomic mass is 9.59. The van der Waals surface area contributed by atoms with Gasteiger partial charge in [0.1, 0.15) is 22.8 Å². The summed E-state index contributed by atoms with van der Waals surface area (Å²) in [5.74, 6) is -7.24. The Morgan fingerprint density at radius 1 is 1.03 bits per heavy atom. The fourth-order valence-corrected chi connectivity index (χ4v) is 5.80. The minimum atomic E-state index is -2.60. The van der Waals surface area contributed by atoms with Gasteiger partial charge < -0.3 is 30.9 Å². The Hall–Kier alpha value is -4.44. The van der Waals surface area contributed by atoms with E-state index in [1.807, 2.05) is 0 Å². The maximum absolute atomic E-state index is 13.6. The van der Waals surface area contributed by atoms with Crippen LogP contribution in [-0.2, 0) is 25.5 Å². The first-order valence-corrected chi connectivity index (χ1v) is 11.5. The van der Waals surface area contributed by atoms with Crippen molar-refractivity contribution in [3.8, 4) is 16.9 Å². The molecule has 6 N–H and O–H groups in total. The fourth-order valence-electron chi connectivity index (χ4n) is 5.80. The molecule has 1 amide bonds. The van der Waals surface area contributed by atoms with Crippen LogP contribution in [-0.4, -0.2) is 56.6 Å². The van der Waals surface area contributed by atoms with Crippen LogP contribution in [0.25, 0.3) is 16.9 Å². The molecule has 190 valence electrons. The second-order valence-corrected chi connectivity index (χ2v) is 9.46. The zero-order valence-corrected chi connectivity index (χ0v) is 19.6.